The molecule has 0 fully saturated rings. The molecule has 0 spiro atoms. The Bertz CT molecular complexity index is 565. The molecule has 8 heteroatoms. The highest BCUT2D eigenvalue weighted by Crippen LogP contribution is 2.33. The number of hydrogen-bond donors (Lipinski definition) is 0. The van der Waals surface area contributed by atoms with Gasteiger partial charge in [-0.05, 0) is 5.56 Å². The van der Waals surface area contributed by atoms with Crippen LogP contribution in [0.1, 0.15) is 11.3 Å². The van der Waals surface area contributed by atoms with Crippen molar-refractivity contribution in [3.05, 3.63) is 41.7 Å². The standard InChI is InChI=1S/C11H7ClF4N2S/c12-5-7-1-3-8(4-2-7)10-17-9(11(13,14)15)6-18(10)19-16/h1-4,6H,5H2. The smallest absolute Gasteiger partial charge is 0.245 e. The first-order valence-corrected chi connectivity index (χ1v) is 6.27. The normalized spacial score (nSPS) is 11.8. The summed E-state index contributed by atoms with van der Waals surface area (Å²) in [5, 5.41) is 0. The van der Waals surface area contributed by atoms with Crippen LogP contribution < -0.4 is 0 Å². The van der Waals surface area contributed by atoms with Gasteiger partial charge in [-0.15, -0.1) is 15.5 Å². The molecule has 0 radical (unpaired) electrons. The van der Waals surface area contributed by atoms with Gasteiger partial charge in [0.1, 0.15) is 0 Å². The third kappa shape index (κ3) is 3.03. The maximum Gasteiger partial charge on any atom is 0.434 e. The Balaban J connectivity index is 2.45. The summed E-state index contributed by atoms with van der Waals surface area (Å²) in [6.45, 7) is 0. The average Bonchev–Trinajstić information content (AvgIpc) is 2.83. The summed E-state index contributed by atoms with van der Waals surface area (Å²) in [5.74, 6) is 0.196. The highest BCUT2D eigenvalue weighted by Gasteiger charge is 2.35. The SMILES string of the molecule is FSn1cc(C(F)(F)F)nc1-c1ccc(CCl)cc1. The molecule has 0 saturated heterocycles. The van der Waals surface area contributed by atoms with Gasteiger partial charge in [-0.3, -0.25) is 0 Å². The molecule has 19 heavy (non-hydrogen) atoms. The second-order valence-corrected chi connectivity index (χ2v) is 4.47. The Hall–Kier alpha value is -1.21. The molecule has 0 bridgehead atoms. The van der Waals surface area contributed by atoms with Crippen LogP contribution in [-0.2, 0) is 12.1 Å². The first-order chi connectivity index (χ1) is 8.95. The summed E-state index contributed by atoms with van der Waals surface area (Å²) in [6, 6.07) is 6.40. The molecule has 1 aromatic carbocycles. The van der Waals surface area contributed by atoms with E-state index in [2.05, 4.69) is 4.98 Å². The van der Waals surface area contributed by atoms with Gasteiger partial charge in [-0.1, -0.05) is 24.3 Å². The zero-order valence-electron chi connectivity index (χ0n) is 9.29. The highest BCUT2D eigenvalue weighted by atomic mass is 35.5. The summed E-state index contributed by atoms with van der Waals surface area (Å²) < 4.78 is 51.0. The van der Waals surface area contributed by atoms with Crippen LogP contribution in [0.2, 0.25) is 0 Å². The van der Waals surface area contributed by atoms with Crippen molar-refractivity contribution in [1.29, 1.82) is 0 Å². The lowest BCUT2D eigenvalue weighted by atomic mass is 10.1. The lowest BCUT2D eigenvalue weighted by Gasteiger charge is -2.02. The van der Waals surface area contributed by atoms with Crippen molar-refractivity contribution in [1.82, 2.24) is 8.96 Å². The second-order valence-electron chi connectivity index (χ2n) is 3.67. The maximum absolute atomic E-state index is 12.7. The molecule has 1 heterocycles. The molecular weight excluding hydrogens is 304 g/mol. The van der Waals surface area contributed by atoms with E-state index in [1.807, 2.05) is 0 Å². The summed E-state index contributed by atoms with van der Waals surface area (Å²) in [6.07, 6.45) is -3.98. The zero-order valence-corrected chi connectivity index (χ0v) is 10.9. The van der Waals surface area contributed by atoms with Gasteiger partial charge < -0.3 is 0 Å². The second kappa shape index (κ2) is 5.42. The van der Waals surface area contributed by atoms with Crippen molar-refractivity contribution in [2.75, 3.05) is 0 Å². The average molecular weight is 311 g/mol. The highest BCUT2D eigenvalue weighted by molar-refractivity contribution is 7.92. The van der Waals surface area contributed by atoms with Gasteiger partial charge in [0.15, 0.2) is 23.9 Å². The molecule has 1 aromatic heterocycles. The van der Waals surface area contributed by atoms with Crippen LogP contribution in [0.5, 0.6) is 0 Å². The number of rotatable bonds is 3. The fourth-order valence-corrected chi connectivity index (χ4v) is 2.02. The Kier molecular flexibility index (Phi) is 4.05. The van der Waals surface area contributed by atoms with Crippen molar-refractivity contribution in [3.8, 4) is 11.4 Å². The van der Waals surface area contributed by atoms with Crippen LogP contribution in [0.4, 0.5) is 17.1 Å². The molecule has 0 amide bonds. The van der Waals surface area contributed by atoms with Gasteiger partial charge in [-0.25, -0.2) is 8.96 Å². The van der Waals surface area contributed by atoms with E-state index in [9.17, 15) is 17.1 Å². The minimum atomic E-state index is -4.61. The summed E-state index contributed by atoms with van der Waals surface area (Å²) in [5.41, 5.74) is 0.0658. The van der Waals surface area contributed by atoms with Crippen LogP contribution in [0.3, 0.4) is 0 Å². The lowest BCUT2D eigenvalue weighted by Crippen LogP contribution is -2.04. The Morgan fingerprint density at radius 2 is 1.84 bits per heavy atom. The Morgan fingerprint density at radius 3 is 2.32 bits per heavy atom. The van der Waals surface area contributed by atoms with E-state index in [-0.39, 0.29) is 18.2 Å². The number of hydrogen-bond acceptors (Lipinski definition) is 2. The van der Waals surface area contributed by atoms with E-state index >= 15 is 0 Å². The molecule has 0 unspecified atom stereocenters. The molecule has 102 valence electrons. The number of nitrogens with zero attached hydrogens (tertiary/aromatic N) is 2. The monoisotopic (exact) mass is 310 g/mol. The van der Waals surface area contributed by atoms with E-state index in [0.717, 1.165) is 9.54 Å². The maximum atomic E-state index is 12.7. The largest absolute Gasteiger partial charge is 0.434 e. The molecule has 0 saturated carbocycles. The summed E-state index contributed by atoms with van der Waals surface area (Å²) >= 11 is 5.28. The molecule has 0 N–H and O–H groups in total. The van der Waals surface area contributed by atoms with Crippen LogP contribution in [0, 0.1) is 0 Å². The van der Waals surface area contributed by atoms with E-state index in [0.29, 0.717) is 17.6 Å². The van der Waals surface area contributed by atoms with Crippen LogP contribution in [0.25, 0.3) is 11.4 Å². The van der Waals surface area contributed by atoms with Crippen LogP contribution >= 0.6 is 23.9 Å². The number of imidazole rings is 1. The quantitative estimate of drug-likeness (QED) is 0.604. The lowest BCUT2D eigenvalue weighted by molar-refractivity contribution is -0.140. The van der Waals surface area contributed by atoms with Gasteiger partial charge in [0.25, 0.3) is 0 Å². The zero-order chi connectivity index (χ0) is 14.0. The van der Waals surface area contributed by atoms with E-state index in [1.54, 1.807) is 24.3 Å². The van der Waals surface area contributed by atoms with Crippen LogP contribution in [-0.4, -0.2) is 8.96 Å². The molecule has 0 aliphatic carbocycles. The molecule has 0 aliphatic heterocycles. The van der Waals surface area contributed by atoms with Crippen molar-refractivity contribution in [3.63, 3.8) is 0 Å². The van der Waals surface area contributed by atoms with Gasteiger partial charge in [0, 0.05) is 11.4 Å². The number of halogens is 5. The first kappa shape index (κ1) is 14.2. The molecule has 0 aliphatic rings. The van der Waals surface area contributed by atoms with E-state index < -0.39 is 11.9 Å². The minimum absolute atomic E-state index is 0.0963. The Morgan fingerprint density at radius 1 is 1.21 bits per heavy atom. The number of alkyl halides is 4. The fourth-order valence-electron chi connectivity index (χ4n) is 1.49. The molecule has 0 atom stereocenters. The van der Waals surface area contributed by atoms with E-state index in [1.165, 1.54) is 0 Å². The molecule has 2 nitrogen and oxygen atoms in total. The molecule has 2 rings (SSSR count). The number of benzene rings is 1. The van der Waals surface area contributed by atoms with Crippen molar-refractivity contribution >= 4 is 23.9 Å². The van der Waals surface area contributed by atoms with E-state index in [4.69, 9.17) is 11.6 Å². The summed E-state index contributed by atoms with van der Waals surface area (Å²) in [4.78, 5) is 3.42. The van der Waals surface area contributed by atoms with Crippen LogP contribution in [0.15, 0.2) is 30.5 Å². The predicted molar refractivity (Wildman–Crippen MR) is 66.3 cm³/mol. The summed E-state index contributed by atoms with van der Waals surface area (Å²) in [7, 11) is 0. The van der Waals surface area contributed by atoms with Gasteiger partial charge >= 0.3 is 6.18 Å². The molecule has 2 aromatic rings. The first-order valence-electron chi connectivity index (χ1n) is 5.06. The van der Waals surface area contributed by atoms with Crippen molar-refractivity contribution < 1.29 is 17.1 Å². The van der Waals surface area contributed by atoms with Crippen molar-refractivity contribution in [2.45, 2.75) is 12.1 Å². The third-order valence-corrected chi connectivity index (χ3v) is 3.14. The topological polar surface area (TPSA) is 17.8 Å². The van der Waals surface area contributed by atoms with Gasteiger partial charge in [0.2, 0.25) is 0 Å². The minimum Gasteiger partial charge on any atom is -0.245 e. The third-order valence-electron chi connectivity index (χ3n) is 2.41. The molecular formula is C11H7ClF4N2S. The van der Waals surface area contributed by atoms with Gasteiger partial charge in [-0.2, -0.15) is 13.2 Å². The van der Waals surface area contributed by atoms with Crippen molar-refractivity contribution in [2.24, 2.45) is 0 Å². The predicted octanol–water partition coefficient (Wildman–Crippen LogP) is 4.69. The fraction of sp³-hybridized carbons (Fsp3) is 0.182. The number of aromatic nitrogens is 2. The van der Waals surface area contributed by atoms with Gasteiger partial charge in [0.05, 0.1) is 6.20 Å². The Labute approximate surface area is 115 Å².